The van der Waals surface area contributed by atoms with Crippen LogP contribution < -0.4 is 5.32 Å². The largest absolute Gasteiger partial charge is 0.356 e. The molecule has 1 aromatic carbocycles. The van der Waals surface area contributed by atoms with Crippen LogP contribution in [0.1, 0.15) is 30.9 Å². The number of thiophene rings is 1. The van der Waals surface area contributed by atoms with E-state index in [2.05, 4.69) is 52.1 Å². The zero-order chi connectivity index (χ0) is 22.4. The Hall–Kier alpha value is -2.99. The molecule has 1 atom stereocenters. The lowest BCUT2D eigenvalue weighted by molar-refractivity contribution is -0.141. The molecule has 1 aliphatic heterocycles. The Morgan fingerprint density at radius 2 is 1.97 bits per heavy atom. The predicted molar refractivity (Wildman–Crippen MR) is 128 cm³/mol. The Morgan fingerprint density at radius 3 is 2.66 bits per heavy atom. The summed E-state index contributed by atoms with van der Waals surface area (Å²) in [5.41, 5.74) is 2.60. The van der Waals surface area contributed by atoms with Crippen molar-refractivity contribution < 1.29 is 9.59 Å². The van der Waals surface area contributed by atoms with Gasteiger partial charge in [-0.15, -0.1) is 11.3 Å². The quantitative estimate of drug-likeness (QED) is 0.586. The summed E-state index contributed by atoms with van der Waals surface area (Å²) in [5.74, 6) is 0.0978. The van der Waals surface area contributed by atoms with Crippen molar-refractivity contribution in [3.05, 3.63) is 77.4 Å². The number of hydrogen-bond acceptors (Lipinski definition) is 4. The maximum atomic E-state index is 13.2. The topological polar surface area (TPSA) is 62.3 Å². The van der Waals surface area contributed by atoms with Crippen LogP contribution in [0.3, 0.4) is 0 Å². The molecule has 166 valence electrons. The lowest BCUT2D eigenvalue weighted by Crippen LogP contribution is -2.54. The van der Waals surface area contributed by atoms with Crippen LogP contribution in [0, 0.1) is 5.41 Å². The maximum Gasteiger partial charge on any atom is 0.228 e. The molecule has 6 heteroatoms. The molecule has 2 amide bonds. The highest BCUT2D eigenvalue weighted by Crippen LogP contribution is 2.35. The number of rotatable bonds is 7. The average molecular weight is 448 g/mol. The molecule has 32 heavy (non-hydrogen) atoms. The maximum absolute atomic E-state index is 13.2. The van der Waals surface area contributed by atoms with Crippen molar-refractivity contribution in [1.82, 2.24) is 15.2 Å². The summed E-state index contributed by atoms with van der Waals surface area (Å²) in [4.78, 5) is 33.5. The van der Waals surface area contributed by atoms with E-state index in [9.17, 15) is 9.59 Å². The Bertz CT molecular complexity index is 1030. The summed E-state index contributed by atoms with van der Waals surface area (Å²) >= 11 is 1.72. The first-order chi connectivity index (χ1) is 15.6. The molecule has 0 bridgehead atoms. The molecular formula is C26H29N3O2S. The van der Waals surface area contributed by atoms with Crippen LogP contribution in [0.2, 0.25) is 0 Å². The third-order valence-electron chi connectivity index (χ3n) is 6.13. The molecule has 4 rings (SSSR count). The fraction of sp³-hybridized carbons (Fsp3) is 0.346. The standard InChI is InChI=1S/C26H29N3O2S/c1-2-28-25(31)26(17-20-8-10-22(11-9-20)23-7-4-15-32-23)12-5-14-29(19-26)24(30)16-21-6-3-13-27-18-21/h3-4,6-11,13,15,18H,2,5,12,14,16-17,19H2,1H3,(H,28,31)/t26-/m0/s1. The van der Waals surface area contributed by atoms with E-state index in [0.29, 0.717) is 32.5 Å². The van der Waals surface area contributed by atoms with Gasteiger partial charge in [0, 0.05) is 36.9 Å². The van der Waals surface area contributed by atoms with E-state index < -0.39 is 5.41 Å². The summed E-state index contributed by atoms with van der Waals surface area (Å²) in [7, 11) is 0. The lowest BCUT2D eigenvalue weighted by Gasteiger charge is -2.42. The molecule has 5 nitrogen and oxygen atoms in total. The molecule has 1 fully saturated rings. The van der Waals surface area contributed by atoms with Gasteiger partial charge < -0.3 is 10.2 Å². The Morgan fingerprint density at radius 1 is 1.12 bits per heavy atom. The molecule has 0 radical (unpaired) electrons. The van der Waals surface area contributed by atoms with Gasteiger partial charge in [0.25, 0.3) is 0 Å². The molecule has 3 heterocycles. The zero-order valence-corrected chi connectivity index (χ0v) is 19.2. The van der Waals surface area contributed by atoms with Gasteiger partial charge in [0.15, 0.2) is 0 Å². The third-order valence-corrected chi connectivity index (χ3v) is 7.05. The second-order valence-corrected chi connectivity index (χ2v) is 9.40. The summed E-state index contributed by atoms with van der Waals surface area (Å²) in [5, 5.41) is 5.11. The van der Waals surface area contributed by atoms with Crippen molar-refractivity contribution in [3.8, 4) is 10.4 Å². The highest BCUT2D eigenvalue weighted by Gasteiger charge is 2.43. The van der Waals surface area contributed by atoms with Gasteiger partial charge in [0.2, 0.25) is 11.8 Å². The fourth-order valence-corrected chi connectivity index (χ4v) is 5.25. The Labute approximate surface area is 193 Å². The van der Waals surface area contributed by atoms with Gasteiger partial charge in [-0.2, -0.15) is 0 Å². The summed E-state index contributed by atoms with van der Waals surface area (Å²) < 4.78 is 0. The van der Waals surface area contributed by atoms with Crippen molar-refractivity contribution >= 4 is 23.2 Å². The van der Waals surface area contributed by atoms with Crippen molar-refractivity contribution in [2.75, 3.05) is 19.6 Å². The first-order valence-corrected chi connectivity index (χ1v) is 12.1. The number of piperidine rings is 1. The van der Waals surface area contributed by atoms with E-state index in [-0.39, 0.29) is 11.8 Å². The van der Waals surface area contributed by atoms with E-state index in [0.717, 1.165) is 24.0 Å². The molecule has 0 aliphatic carbocycles. The molecule has 2 aromatic heterocycles. The van der Waals surface area contributed by atoms with Crippen LogP contribution >= 0.6 is 11.3 Å². The highest BCUT2D eigenvalue weighted by atomic mass is 32.1. The van der Waals surface area contributed by atoms with Gasteiger partial charge in [-0.25, -0.2) is 0 Å². The smallest absolute Gasteiger partial charge is 0.228 e. The fourth-order valence-electron chi connectivity index (χ4n) is 4.51. The number of nitrogens with one attached hydrogen (secondary N) is 1. The number of likely N-dealkylation sites (tertiary alicyclic amines) is 1. The minimum absolute atomic E-state index is 0.0428. The zero-order valence-electron chi connectivity index (χ0n) is 18.4. The lowest BCUT2D eigenvalue weighted by atomic mass is 9.74. The number of pyridine rings is 1. The molecule has 0 saturated carbocycles. The van der Waals surface area contributed by atoms with Gasteiger partial charge in [-0.3, -0.25) is 14.6 Å². The highest BCUT2D eigenvalue weighted by molar-refractivity contribution is 7.13. The van der Waals surface area contributed by atoms with E-state index in [4.69, 9.17) is 0 Å². The Kier molecular flexibility index (Phi) is 7.00. The van der Waals surface area contributed by atoms with Crippen LogP contribution in [0.15, 0.2) is 66.3 Å². The van der Waals surface area contributed by atoms with E-state index in [1.54, 1.807) is 23.7 Å². The van der Waals surface area contributed by atoms with Gasteiger partial charge in [0.1, 0.15) is 0 Å². The molecular weight excluding hydrogens is 418 g/mol. The first-order valence-electron chi connectivity index (χ1n) is 11.2. The van der Waals surface area contributed by atoms with E-state index in [1.165, 1.54) is 10.4 Å². The molecule has 3 aromatic rings. The van der Waals surface area contributed by atoms with Crippen LogP contribution in [0.4, 0.5) is 0 Å². The molecule has 1 aliphatic rings. The predicted octanol–water partition coefficient (Wildman–Crippen LogP) is 4.34. The molecule has 1 N–H and O–H groups in total. The third kappa shape index (κ3) is 5.07. The summed E-state index contributed by atoms with van der Waals surface area (Å²) in [6, 6.07) is 16.4. The minimum Gasteiger partial charge on any atom is -0.356 e. The van der Waals surface area contributed by atoms with Crippen molar-refractivity contribution in [1.29, 1.82) is 0 Å². The number of aromatic nitrogens is 1. The molecule has 0 spiro atoms. The van der Waals surface area contributed by atoms with Crippen molar-refractivity contribution in [3.63, 3.8) is 0 Å². The van der Waals surface area contributed by atoms with Crippen LogP contribution in [0.25, 0.3) is 10.4 Å². The van der Waals surface area contributed by atoms with E-state index >= 15 is 0 Å². The van der Waals surface area contributed by atoms with Crippen molar-refractivity contribution in [2.24, 2.45) is 5.41 Å². The summed E-state index contributed by atoms with van der Waals surface area (Å²) in [6.45, 7) is 3.67. The first kappa shape index (κ1) is 22.2. The van der Waals surface area contributed by atoms with Crippen LogP contribution in [0.5, 0.6) is 0 Å². The Balaban J connectivity index is 1.53. The van der Waals surface area contributed by atoms with Crippen molar-refractivity contribution in [2.45, 2.75) is 32.6 Å². The van der Waals surface area contributed by atoms with Gasteiger partial charge in [-0.1, -0.05) is 36.4 Å². The van der Waals surface area contributed by atoms with Crippen LogP contribution in [-0.2, 0) is 22.4 Å². The SMILES string of the molecule is CCNC(=O)[C@]1(Cc2ccc(-c3cccs3)cc2)CCCN(C(=O)Cc2cccnc2)C1. The monoisotopic (exact) mass is 447 g/mol. The number of amides is 2. The number of nitrogens with zero attached hydrogens (tertiary/aromatic N) is 2. The number of carbonyl (C=O) groups is 2. The minimum atomic E-state index is -0.608. The number of carbonyl (C=O) groups excluding carboxylic acids is 2. The van der Waals surface area contributed by atoms with Gasteiger partial charge in [-0.05, 0) is 60.4 Å². The number of benzene rings is 1. The van der Waals surface area contributed by atoms with Gasteiger partial charge in [0.05, 0.1) is 11.8 Å². The average Bonchev–Trinajstić information content (AvgIpc) is 3.36. The van der Waals surface area contributed by atoms with Gasteiger partial charge >= 0.3 is 0 Å². The summed E-state index contributed by atoms with van der Waals surface area (Å²) in [6.07, 6.45) is 5.98. The molecule has 0 unspecified atom stereocenters. The second-order valence-electron chi connectivity index (χ2n) is 8.45. The second kappa shape index (κ2) is 10.1. The molecule has 1 saturated heterocycles. The van der Waals surface area contributed by atoms with E-state index in [1.807, 2.05) is 24.0 Å². The number of hydrogen-bond donors (Lipinski definition) is 1. The normalized spacial score (nSPS) is 18.3. The van der Waals surface area contributed by atoms with Crippen LogP contribution in [-0.4, -0.2) is 41.3 Å².